The second kappa shape index (κ2) is 10.9. The van der Waals surface area contributed by atoms with Gasteiger partial charge in [-0.2, -0.15) is 0 Å². The summed E-state index contributed by atoms with van der Waals surface area (Å²) in [5.74, 6) is 0.0743. The summed E-state index contributed by atoms with van der Waals surface area (Å²) in [6.45, 7) is 4.12. The van der Waals surface area contributed by atoms with Gasteiger partial charge in [-0.15, -0.1) is 0 Å². The van der Waals surface area contributed by atoms with Gasteiger partial charge >= 0.3 is 6.09 Å². The van der Waals surface area contributed by atoms with E-state index in [1.165, 1.54) is 7.11 Å². The molecule has 1 fully saturated rings. The highest BCUT2D eigenvalue weighted by Crippen LogP contribution is 2.36. The molecular weight excluding hydrogens is 514 g/mol. The molecule has 10 heteroatoms. The molecule has 3 heterocycles. The lowest BCUT2D eigenvalue weighted by molar-refractivity contribution is -0.135. The van der Waals surface area contributed by atoms with Crippen molar-refractivity contribution < 1.29 is 19.1 Å². The molecule has 3 aromatic rings. The Balaban J connectivity index is 1.61. The van der Waals surface area contributed by atoms with Crippen molar-refractivity contribution in [2.75, 3.05) is 13.7 Å². The number of amides is 2. The topological polar surface area (TPSA) is 109 Å². The van der Waals surface area contributed by atoms with Crippen molar-refractivity contribution in [1.29, 1.82) is 0 Å². The summed E-state index contributed by atoms with van der Waals surface area (Å²) >= 11 is 3.47. The molecule has 9 nitrogen and oxygen atoms in total. The van der Waals surface area contributed by atoms with Crippen molar-refractivity contribution >= 4 is 27.9 Å². The molecule has 1 aliphatic rings. The fraction of sp³-hybridized carbons (Fsp3) is 0.360. The maximum Gasteiger partial charge on any atom is 0.407 e. The summed E-state index contributed by atoms with van der Waals surface area (Å²) in [7, 11) is 1.28. The Morgan fingerprint density at radius 1 is 1.20 bits per heavy atom. The maximum atomic E-state index is 13.7. The van der Waals surface area contributed by atoms with Crippen molar-refractivity contribution in [2.24, 2.45) is 5.92 Å². The van der Waals surface area contributed by atoms with Crippen LogP contribution in [0.15, 0.2) is 59.6 Å². The quantitative estimate of drug-likeness (QED) is 0.460. The Morgan fingerprint density at radius 2 is 1.97 bits per heavy atom. The van der Waals surface area contributed by atoms with Crippen molar-refractivity contribution in [3.63, 3.8) is 0 Å². The van der Waals surface area contributed by atoms with Gasteiger partial charge in [0.15, 0.2) is 0 Å². The summed E-state index contributed by atoms with van der Waals surface area (Å²) in [6, 6.07) is 9.09. The highest BCUT2D eigenvalue weighted by Gasteiger charge is 2.42. The second-order valence-corrected chi connectivity index (χ2v) is 9.65. The highest BCUT2D eigenvalue weighted by molar-refractivity contribution is 9.10. The smallest absolute Gasteiger partial charge is 0.407 e. The molecule has 35 heavy (non-hydrogen) atoms. The molecule has 2 amide bonds. The van der Waals surface area contributed by atoms with E-state index < -0.39 is 12.1 Å². The van der Waals surface area contributed by atoms with E-state index in [1.54, 1.807) is 23.5 Å². The molecule has 2 aromatic heterocycles. The second-order valence-electron chi connectivity index (χ2n) is 8.73. The zero-order valence-electron chi connectivity index (χ0n) is 19.8. The summed E-state index contributed by atoms with van der Waals surface area (Å²) < 4.78 is 11.8. The summed E-state index contributed by atoms with van der Waals surface area (Å²) in [5.41, 5.74) is 2.97. The van der Waals surface area contributed by atoms with Crippen LogP contribution in [0.4, 0.5) is 4.79 Å². The molecule has 3 atom stereocenters. The first-order valence-corrected chi connectivity index (χ1v) is 12.2. The number of aromatic nitrogens is 3. The molecule has 2 N–H and O–H groups in total. The first kappa shape index (κ1) is 24.7. The van der Waals surface area contributed by atoms with Gasteiger partial charge in [0.2, 0.25) is 11.8 Å². The van der Waals surface area contributed by atoms with Crippen LogP contribution in [0.1, 0.15) is 32.0 Å². The Morgan fingerprint density at radius 3 is 2.63 bits per heavy atom. The number of alkyl carbamates (subject to hydrolysis) is 1. The van der Waals surface area contributed by atoms with Crippen molar-refractivity contribution in [3.8, 4) is 17.0 Å². The maximum absolute atomic E-state index is 13.7. The fourth-order valence-corrected chi connectivity index (χ4v) is 4.49. The monoisotopic (exact) mass is 541 g/mol. The average molecular weight is 542 g/mol. The predicted molar refractivity (Wildman–Crippen MR) is 134 cm³/mol. The summed E-state index contributed by atoms with van der Waals surface area (Å²) in [6.07, 6.45) is 6.26. The van der Waals surface area contributed by atoms with Gasteiger partial charge in [-0.1, -0.05) is 41.9 Å². The van der Waals surface area contributed by atoms with Crippen LogP contribution < -0.4 is 10.1 Å². The van der Waals surface area contributed by atoms with Crippen LogP contribution in [0.25, 0.3) is 11.1 Å². The van der Waals surface area contributed by atoms with E-state index >= 15 is 0 Å². The number of hydrogen-bond acceptors (Lipinski definition) is 6. The lowest BCUT2D eigenvalue weighted by atomic mass is 10.0. The minimum Gasteiger partial charge on any atom is -0.471 e. The SMILES string of the molecule is COC(=O)N[C@H](C(=O)N1C[C@@H](Oc2cnccn2)C[C@H]1c1cc(-c2ccc(Br)cc2)c[nH]1)C(C)C. The van der Waals surface area contributed by atoms with Gasteiger partial charge in [-0.25, -0.2) is 9.78 Å². The third kappa shape index (κ3) is 5.82. The molecule has 1 aliphatic heterocycles. The normalized spacial score (nSPS) is 18.4. The highest BCUT2D eigenvalue weighted by atomic mass is 79.9. The number of benzene rings is 1. The van der Waals surface area contributed by atoms with Gasteiger partial charge in [0.1, 0.15) is 12.1 Å². The molecule has 1 aromatic carbocycles. The third-order valence-corrected chi connectivity index (χ3v) is 6.53. The number of methoxy groups -OCH3 is 1. The lowest BCUT2D eigenvalue weighted by Gasteiger charge is -2.30. The first-order valence-electron chi connectivity index (χ1n) is 11.4. The number of carbonyl (C=O) groups is 2. The van der Waals surface area contributed by atoms with E-state index in [4.69, 9.17) is 9.47 Å². The van der Waals surface area contributed by atoms with E-state index in [1.807, 2.05) is 44.3 Å². The molecular formula is C25H28BrN5O4. The van der Waals surface area contributed by atoms with E-state index in [-0.39, 0.29) is 24.0 Å². The number of nitrogens with one attached hydrogen (secondary N) is 2. The number of aromatic amines is 1. The summed E-state index contributed by atoms with van der Waals surface area (Å²) in [4.78, 5) is 39.0. The van der Waals surface area contributed by atoms with Crippen LogP contribution in [0.3, 0.4) is 0 Å². The predicted octanol–water partition coefficient (Wildman–Crippen LogP) is 4.34. The van der Waals surface area contributed by atoms with Gasteiger partial charge < -0.3 is 24.7 Å². The van der Waals surface area contributed by atoms with Crippen LogP contribution in [-0.4, -0.2) is 57.7 Å². The number of H-pyrrole nitrogens is 1. The Bertz CT molecular complexity index is 1150. The van der Waals surface area contributed by atoms with Gasteiger partial charge in [0.25, 0.3) is 0 Å². The Kier molecular flexibility index (Phi) is 7.70. The number of hydrogen-bond donors (Lipinski definition) is 2. The van der Waals surface area contributed by atoms with Crippen LogP contribution in [0.2, 0.25) is 0 Å². The molecule has 0 unspecified atom stereocenters. The van der Waals surface area contributed by atoms with Gasteiger partial charge in [-0.05, 0) is 35.2 Å². The average Bonchev–Trinajstić information content (AvgIpc) is 3.50. The molecule has 0 aliphatic carbocycles. The number of likely N-dealkylation sites (tertiary alicyclic amines) is 1. The molecule has 0 radical (unpaired) electrons. The zero-order valence-corrected chi connectivity index (χ0v) is 21.4. The van der Waals surface area contributed by atoms with Crippen LogP contribution in [-0.2, 0) is 9.53 Å². The third-order valence-electron chi connectivity index (χ3n) is 6.01. The van der Waals surface area contributed by atoms with Gasteiger partial charge in [0, 0.05) is 35.2 Å². The fourth-order valence-electron chi connectivity index (χ4n) is 4.23. The molecule has 184 valence electrons. The summed E-state index contributed by atoms with van der Waals surface area (Å²) in [5, 5.41) is 2.69. The molecule has 1 saturated heterocycles. The largest absolute Gasteiger partial charge is 0.471 e. The number of carbonyl (C=O) groups excluding carboxylic acids is 2. The van der Waals surface area contributed by atoms with Crippen LogP contribution in [0.5, 0.6) is 5.88 Å². The Hall–Kier alpha value is -3.40. The van der Waals surface area contributed by atoms with E-state index in [2.05, 4.69) is 42.3 Å². The van der Waals surface area contributed by atoms with Crippen molar-refractivity contribution in [1.82, 2.24) is 25.2 Å². The lowest BCUT2D eigenvalue weighted by Crippen LogP contribution is -2.51. The van der Waals surface area contributed by atoms with Crippen molar-refractivity contribution in [3.05, 3.63) is 65.3 Å². The van der Waals surface area contributed by atoms with Crippen LogP contribution in [0, 0.1) is 5.92 Å². The van der Waals surface area contributed by atoms with E-state index in [0.29, 0.717) is 18.8 Å². The molecule has 0 saturated carbocycles. The van der Waals surface area contributed by atoms with Crippen molar-refractivity contribution in [2.45, 2.75) is 38.5 Å². The number of rotatable bonds is 7. The van der Waals surface area contributed by atoms with Gasteiger partial charge in [-0.3, -0.25) is 9.78 Å². The minimum atomic E-state index is -0.735. The molecule has 0 spiro atoms. The Labute approximate surface area is 212 Å². The van der Waals surface area contributed by atoms with Crippen LogP contribution >= 0.6 is 15.9 Å². The van der Waals surface area contributed by atoms with E-state index in [9.17, 15) is 9.59 Å². The minimum absolute atomic E-state index is 0.135. The molecule has 4 rings (SSSR count). The number of nitrogens with zero attached hydrogens (tertiary/aromatic N) is 3. The molecule has 0 bridgehead atoms. The zero-order chi connectivity index (χ0) is 24.9. The van der Waals surface area contributed by atoms with Gasteiger partial charge in [0.05, 0.1) is 25.9 Å². The first-order chi connectivity index (χ1) is 16.9. The number of ether oxygens (including phenoxy) is 2. The van der Waals surface area contributed by atoms with E-state index in [0.717, 1.165) is 21.3 Å². The standard InChI is InChI=1S/C25H28BrN5O4/c1-15(2)23(30-25(33)34-3)24(32)31-14-19(35-22-13-27-8-9-28-22)11-21(31)20-10-17(12-29-20)16-4-6-18(26)7-5-16/h4-10,12-13,15,19,21,23,29H,11,14H2,1-3H3,(H,30,33)/t19-,21-,23-/m0/s1. The number of halogens is 1.